The van der Waals surface area contributed by atoms with Gasteiger partial charge in [-0.05, 0) is 48.9 Å². The quantitative estimate of drug-likeness (QED) is 0.531. The van der Waals surface area contributed by atoms with Crippen LogP contribution in [0.2, 0.25) is 0 Å². The average molecular weight is 414 g/mol. The molecule has 8 heteroatoms. The number of aromatic nitrogens is 4. The van der Waals surface area contributed by atoms with Crippen molar-refractivity contribution in [2.75, 3.05) is 36.5 Å². The van der Waals surface area contributed by atoms with E-state index in [1.54, 1.807) is 18.6 Å². The number of ether oxygens (including phenoxy) is 1. The van der Waals surface area contributed by atoms with Gasteiger partial charge in [-0.1, -0.05) is 0 Å². The highest BCUT2D eigenvalue weighted by molar-refractivity contribution is 6.08. The molecule has 0 aliphatic carbocycles. The molecule has 5 rings (SSSR count). The lowest BCUT2D eigenvalue weighted by Gasteiger charge is -2.28. The van der Waals surface area contributed by atoms with E-state index >= 15 is 0 Å². The molecular formula is C23H22N6O2. The van der Waals surface area contributed by atoms with E-state index in [2.05, 4.69) is 30.4 Å². The maximum Gasteiger partial charge on any atom is 0.256 e. The Morgan fingerprint density at radius 1 is 1.13 bits per heavy atom. The van der Waals surface area contributed by atoms with Crippen LogP contribution >= 0.6 is 0 Å². The SMILES string of the molecule is Cc1ccncc1-c1cc2c(NC(=O)c3ccc(N4CCOCC4)cc3)n[nH]c2cn1. The molecule has 0 atom stereocenters. The minimum absolute atomic E-state index is 0.210. The number of rotatable bonds is 4. The largest absolute Gasteiger partial charge is 0.378 e. The Balaban J connectivity index is 1.38. The van der Waals surface area contributed by atoms with E-state index in [-0.39, 0.29) is 5.91 Å². The Labute approximate surface area is 179 Å². The minimum Gasteiger partial charge on any atom is -0.378 e. The highest BCUT2D eigenvalue weighted by atomic mass is 16.5. The summed E-state index contributed by atoms with van der Waals surface area (Å²) >= 11 is 0. The van der Waals surface area contributed by atoms with Crippen LogP contribution in [0.5, 0.6) is 0 Å². The van der Waals surface area contributed by atoms with Crippen molar-refractivity contribution in [1.82, 2.24) is 20.2 Å². The van der Waals surface area contributed by atoms with Crippen LogP contribution < -0.4 is 10.2 Å². The van der Waals surface area contributed by atoms with Gasteiger partial charge in [0.25, 0.3) is 5.91 Å². The van der Waals surface area contributed by atoms with Crippen LogP contribution in [0.25, 0.3) is 22.2 Å². The first-order valence-corrected chi connectivity index (χ1v) is 10.2. The number of aromatic amines is 1. The number of morpholine rings is 1. The Morgan fingerprint density at radius 2 is 1.94 bits per heavy atom. The summed E-state index contributed by atoms with van der Waals surface area (Å²) < 4.78 is 5.40. The molecule has 0 radical (unpaired) electrons. The number of carbonyl (C=O) groups excluding carboxylic acids is 1. The van der Waals surface area contributed by atoms with Crippen molar-refractivity contribution < 1.29 is 9.53 Å². The van der Waals surface area contributed by atoms with Crippen molar-refractivity contribution in [3.8, 4) is 11.3 Å². The molecule has 0 bridgehead atoms. The average Bonchev–Trinajstić information content (AvgIpc) is 3.22. The topological polar surface area (TPSA) is 96.0 Å². The number of carbonyl (C=O) groups is 1. The molecule has 0 unspecified atom stereocenters. The van der Waals surface area contributed by atoms with Gasteiger partial charge < -0.3 is 15.0 Å². The summed E-state index contributed by atoms with van der Waals surface area (Å²) in [4.78, 5) is 23.8. The highest BCUT2D eigenvalue weighted by Crippen LogP contribution is 2.27. The molecule has 31 heavy (non-hydrogen) atoms. The number of anilines is 2. The van der Waals surface area contributed by atoms with E-state index in [1.807, 2.05) is 43.3 Å². The van der Waals surface area contributed by atoms with Crippen LogP contribution in [-0.2, 0) is 4.74 Å². The number of amides is 1. The van der Waals surface area contributed by atoms with Gasteiger partial charge in [-0.25, -0.2) is 0 Å². The van der Waals surface area contributed by atoms with Gasteiger partial charge in [-0.3, -0.25) is 19.9 Å². The summed E-state index contributed by atoms with van der Waals surface area (Å²) in [5.41, 5.74) is 5.23. The predicted octanol–water partition coefficient (Wildman–Crippen LogP) is 3.42. The number of nitrogens with one attached hydrogen (secondary N) is 2. The molecule has 2 N–H and O–H groups in total. The molecule has 1 aliphatic rings. The van der Waals surface area contributed by atoms with Crippen molar-refractivity contribution in [3.05, 3.63) is 66.1 Å². The molecule has 0 spiro atoms. The van der Waals surface area contributed by atoms with Crippen molar-refractivity contribution in [2.24, 2.45) is 0 Å². The third kappa shape index (κ3) is 3.85. The number of H-pyrrole nitrogens is 1. The number of nitrogens with zero attached hydrogens (tertiary/aromatic N) is 4. The van der Waals surface area contributed by atoms with Crippen LogP contribution in [0.3, 0.4) is 0 Å². The third-order valence-electron chi connectivity index (χ3n) is 5.50. The van der Waals surface area contributed by atoms with Gasteiger partial charge in [0.2, 0.25) is 0 Å². The van der Waals surface area contributed by atoms with Crippen LogP contribution in [0.15, 0.2) is 55.0 Å². The molecule has 1 saturated heterocycles. The summed E-state index contributed by atoms with van der Waals surface area (Å²) in [7, 11) is 0. The number of hydrogen-bond donors (Lipinski definition) is 2. The first-order valence-electron chi connectivity index (χ1n) is 10.2. The number of pyridine rings is 2. The van der Waals surface area contributed by atoms with Crippen LogP contribution in [0.1, 0.15) is 15.9 Å². The molecule has 156 valence electrons. The minimum atomic E-state index is -0.210. The molecule has 1 aromatic carbocycles. The van der Waals surface area contributed by atoms with Gasteiger partial charge in [0.1, 0.15) is 0 Å². The Hall–Kier alpha value is -3.78. The monoisotopic (exact) mass is 414 g/mol. The van der Waals surface area contributed by atoms with E-state index in [4.69, 9.17) is 4.74 Å². The highest BCUT2D eigenvalue weighted by Gasteiger charge is 2.15. The van der Waals surface area contributed by atoms with E-state index in [0.717, 1.165) is 59.7 Å². The first-order chi connectivity index (χ1) is 15.2. The number of benzene rings is 1. The Morgan fingerprint density at radius 3 is 2.71 bits per heavy atom. The van der Waals surface area contributed by atoms with E-state index in [9.17, 15) is 4.79 Å². The number of aryl methyl sites for hydroxylation is 1. The standard InChI is InChI=1S/C23H22N6O2/c1-15-6-7-24-13-19(15)20-12-18-21(14-25-20)27-28-22(18)26-23(30)16-2-4-17(5-3-16)29-8-10-31-11-9-29/h2-7,12-14H,8-11H2,1H3,(H2,26,27,28,30). The van der Waals surface area contributed by atoms with Crippen molar-refractivity contribution in [1.29, 1.82) is 0 Å². The third-order valence-corrected chi connectivity index (χ3v) is 5.50. The molecule has 4 aromatic rings. The number of hydrogen-bond acceptors (Lipinski definition) is 6. The van der Waals surface area contributed by atoms with E-state index in [0.29, 0.717) is 11.4 Å². The van der Waals surface area contributed by atoms with Crippen LogP contribution in [-0.4, -0.2) is 52.4 Å². The summed E-state index contributed by atoms with van der Waals surface area (Å²) in [6.07, 6.45) is 5.26. The van der Waals surface area contributed by atoms with Gasteiger partial charge in [0.05, 0.1) is 30.6 Å². The first kappa shape index (κ1) is 19.2. The molecule has 1 amide bonds. The Bertz CT molecular complexity index is 1230. The summed E-state index contributed by atoms with van der Waals surface area (Å²) in [5.74, 6) is 0.264. The lowest BCUT2D eigenvalue weighted by molar-refractivity contribution is 0.102. The fourth-order valence-electron chi connectivity index (χ4n) is 3.72. The maximum absolute atomic E-state index is 12.8. The Kier molecular flexibility index (Phi) is 5.05. The van der Waals surface area contributed by atoms with Gasteiger partial charge in [-0.15, -0.1) is 0 Å². The lowest BCUT2D eigenvalue weighted by atomic mass is 10.1. The van der Waals surface area contributed by atoms with Crippen LogP contribution in [0, 0.1) is 6.92 Å². The second-order valence-electron chi connectivity index (χ2n) is 7.48. The van der Waals surface area contributed by atoms with Gasteiger partial charge in [0, 0.05) is 47.7 Å². The summed E-state index contributed by atoms with van der Waals surface area (Å²) in [6.45, 7) is 5.18. The zero-order valence-electron chi connectivity index (χ0n) is 17.1. The van der Waals surface area contributed by atoms with Gasteiger partial charge in [0.15, 0.2) is 5.82 Å². The van der Waals surface area contributed by atoms with Crippen molar-refractivity contribution in [3.63, 3.8) is 0 Å². The zero-order chi connectivity index (χ0) is 21.2. The zero-order valence-corrected chi connectivity index (χ0v) is 17.1. The maximum atomic E-state index is 12.8. The van der Waals surface area contributed by atoms with Gasteiger partial charge >= 0.3 is 0 Å². The normalized spacial score (nSPS) is 14.0. The fraction of sp³-hybridized carbons (Fsp3) is 0.217. The smallest absolute Gasteiger partial charge is 0.256 e. The molecule has 8 nitrogen and oxygen atoms in total. The molecule has 1 aliphatic heterocycles. The van der Waals surface area contributed by atoms with Crippen molar-refractivity contribution in [2.45, 2.75) is 6.92 Å². The van der Waals surface area contributed by atoms with E-state index in [1.165, 1.54) is 0 Å². The molecule has 3 aromatic heterocycles. The molecule has 0 saturated carbocycles. The summed E-state index contributed by atoms with van der Waals surface area (Å²) in [5, 5.41) is 10.9. The number of fused-ring (bicyclic) bond motifs is 1. The van der Waals surface area contributed by atoms with Crippen molar-refractivity contribution >= 4 is 28.3 Å². The lowest BCUT2D eigenvalue weighted by Crippen LogP contribution is -2.36. The molecule has 1 fully saturated rings. The molecular weight excluding hydrogens is 392 g/mol. The molecule has 4 heterocycles. The van der Waals surface area contributed by atoms with Crippen LogP contribution in [0.4, 0.5) is 11.5 Å². The second kappa shape index (κ2) is 8.16. The predicted molar refractivity (Wildman–Crippen MR) is 119 cm³/mol. The second-order valence-corrected chi connectivity index (χ2v) is 7.48. The van der Waals surface area contributed by atoms with Gasteiger partial charge in [-0.2, -0.15) is 5.10 Å². The van der Waals surface area contributed by atoms with E-state index < -0.39 is 0 Å². The fourth-order valence-corrected chi connectivity index (χ4v) is 3.72. The summed E-state index contributed by atoms with van der Waals surface area (Å²) in [6, 6.07) is 11.5.